The van der Waals surface area contributed by atoms with Gasteiger partial charge in [0.1, 0.15) is 12.1 Å². The standard InChI is InChI=1S/C13H25NO3/c1-13(2,3)9-6-5-7-11(9)17-12(15)10(14)8-16-4/h9-11H,5-8,14H2,1-4H3/t9?,10-,11?/m0/s1. The molecule has 0 aromatic heterocycles. The van der Waals surface area contributed by atoms with Crippen molar-refractivity contribution in [2.24, 2.45) is 17.1 Å². The highest BCUT2D eigenvalue weighted by molar-refractivity contribution is 5.75. The number of hydrogen-bond acceptors (Lipinski definition) is 4. The van der Waals surface area contributed by atoms with Crippen molar-refractivity contribution in [2.75, 3.05) is 13.7 Å². The normalized spacial score (nSPS) is 26.9. The van der Waals surface area contributed by atoms with Crippen molar-refractivity contribution in [3.8, 4) is 0 Å². The molecule has 0 bridgehead atoms. The van der Waals surface area contributed by atoms with Gasteiger partial charge in [-0.25, -0.2) is 0 Å². The zero-order chi connectivity index (χ0) is 13.1. The predicted octanol–water partition coefficient (Wildman–Crippen LogP) is 1.72. The molecule has 17 heavy (non-hydrogen) atoms. The molecule has 2 unspecified atom stereocenters. The van der Waals surface area contributed by atoms with E-state index >= 15 is 0 Å². The van der Waals surface area contributed by atoms with E-state index in [4.69, 9.17) is 15.2 Å². The highest BCUT2D eigenvalue weighted by Gasteiger charge is 2.38. The summed E-state index contributed by atoms with van der Waals surface area (Å²) in [5.74, 6) is 0.0918. The molecule has 0 aromatic carbocycles. The maximum atomic E-state index is 11.7. The first-order valence-electron chi connectivity index (χ1n) is 6.31. The quantitative estimate of drug-likeness (QED) is 0.764. The van der Waals surface area contributed by atoms with Crippen molar-refractivity contribution in [2.45, 2.75) is 52.2 Å². The Balaban J connectivity index is 2.53. The molecule has 100 valence electrons. The number of nitrogens with two attached hydrogens (primary N) is 1. The van der Waals surface area contributed by atoms with Crippen LogP contribution in [0.5, 0.6) is 0 Å². The first-order chi connectivity index (χ1) is 7.86. The minimum atomic E-state index is -0.666. The van der Waals surface area contributed by atoms with E-state index in [1.807, 2.05) is 0 Å². The first-order valence-corrected chi connectivity index (χ1v) is 6.31. The van der Waals surface area contributed by atoms with Crippen molar-refractivity contribution in [1.29, 1.82) is 0 Å². The van der Waals surface area contributed by atoms with Gasteiger partial charge in [-0.3, -0.25) is 4.79 Å². The number of hydrogen-bond donors (Lipinski definition) is 1. The van der Waals surface area contributed by atoms with Gasteiger partial charge >= 0.3 is 5.97 Å². The van der Waals surface area contributed by atoms with Crippen LogP contribution in [0.15, 0.2) is 0 Å². The van der Waals surface area contributed by atoms with E-state index in [2.05, 4.69) is 20.8 Å². The van der Waals surface area contributed by atoms with Crippen LogP contribution >= 0.6 is 0 Å². The monoisotopic (exact) mass is 243 g/mol. The van der Waals surface area contributed by atoms with Crippen LogP contribution < -0.4 is 5.73 Å². The van der Waals surface area contributed by atoms with E-state index in [1.54, 1.807) is 0 Å². The molecule has 0 amide bonds. The lowest BCUT2D eigenvalue weighted by Crippen LogP contribution is -2.40. The van der Waals surface area contributed by atoms with Gasteiger partial charge in [0.25, 0.3) is 0 Å². The minimum Gasteiger partial charge on any atom is -0.461 e. The number of methoxy groups -OCH3 is 1. The lowest BCUT2D eigenvalue weighted by Gasteiger charge is -2.32. The van der Waals surface area contributed by atoms with Crippen LogP contribution in [0.4, 0.5) is 0 Å². The summed E-state index contributed by atoms with van der Waals surface area (Å²) < 4.78 is 10.4. The molecule has 0 saturated heterocycles. The number of carbonyl (C=O) groups excluding carboxylic acids is 1. The molecule has 1 saturated carbocycles. The third-order valence-electron chi connectivity index (χ3n) is 3.48. The molecule has 1 aliphatic carbocycles. The number of ether oxygens (including phenoxy) is 2. The Kier molecular flexibility index (Phi) is 4.95. The van der Waals surface area contributed by atoms with E-state index in [9.17, 15) is 4.79 Å². The summed E-state index contributed by atoms with van der Waals surface area (Å²) in [6.45, 7) is 6.79. The second-order valence-corrected chi connectivity index (χ2v) is 5.94. The molecular weight excluding hydrogens is 218 g/mol. The number of esters is 1. The van der Waals surface area contributed by atoms with Crippen LogP contribution in [0, 0.1) is 11.3 Å². The Morgan fingerprint density at radius 1 is 1.41 bits per heavy atom. The van der Waals surface area contributed by atoms with Gasteiger partial charge in [-0.2, -0.15) is 0 Å². The van der Waals surface area contributed by atoms with E-state index in [-0.39, 0.29) is 24.1 Å². The largest absolute Gasteiger partial charge is 0.461 e. The molecule has 0 heterocycles. The third-order valence-corrected chi connectivity index (χ3v) is 3.48. The van der Waals surface area contributed by atoms with Gasteiger partial charge < -0.3 is 15.2 Å². The molecule has 0 aromatic rings. The highest BCUT2D eigenvalue weighted by Crippen LogP contribution is 2.40. The second-order valence-electron chi connectivity index (χ2n) is 5.94. The summed E-state index contributed by atoms with van der Waals surface area (Å²) in [4.78, 5) is 11.7. The SMILES string of the molecule is COC[C@H](N)C(=O)OC1CCCC1C(C)(C)C. The van der Waals surface area contributed by atoms with Gasteiger partial charge in [-0.15, -0.1) is 0 Å². The number of carbonyl (C=O) groups is 1. The van der Waals surface area contributed by atoms with Crippen molar-refractivity contribution < 1.29 is 14.3 Å². The molecule has 4 heteroatoms. The van der Waals surface area contributed by atoms with Gasteiger partial charge in [0.2, 0.25) is 0 Å². The molecule has 2 N–H and O–H groups in total. The van der Waals surface area contributed by atoms with Crippen LogP contribution in [0.25, 0.3) is 0 Å². The van der Waals surface area contributed by atoms with E-state index in [0.29, 0.717) is 5.92 Å². The zero-order valence-electron chi connectivity index (χ0n) is 11.4. The Bertz CT molecular complexity index is 260. The summed E-state index contributed by atoms with van der Waals surface area (Å²) in [5.41, 5.74) is 5.83. The topological polar surface area (TPSA) is 61.5 Å². The molecule has 4 nitrogen and oxygen atoms in total. The fraction of sp³-hybridized carbons (Fsp3) is 0.923. The average molecular weight is 243 g/mol. The Morgan fingerprint density at radius 3 is 2.59 bits per heavy atom. The van der Waals surface area contributed by atoms with Crippen molar-refractivity contribution >= 4 is 5.97 Å². The van der Waals surface area contributed by atoms with Crippen molar-refractivity contribution in [3.63, 3.8) is 0 Å². The summed E-state index contributed by atoms with van der Waals surface area (Å²) in [7, 11) is 1.53. The van der Waals surface area contributed by atoms with Gasteiger partial charge in [-0.05, 0) is 24.7 Å². The second kappa shape index (κ2) is 5.83. The average Bonchev–Trinajstić information content (AvgIpc) is 2.65. The van der Waals surface area contributed by atoms with Crippen LogP contribution in [0.1, 0.15) is 40.0 Å². The Labute approximate surface area is 104 Å². The first kappa shape index (κ1) is 14.5. The molecule has 1 fully saturated rings. The predicted molar refractivity (Wildman–Crippen MR) is 66.5 cm³/mol. The lowest BCUT2D eigenvalue weighted by atomic mass is 9.78. The van der Waals surface area contributed by atoms with Crippen LogP contribution in [0.3, 0.4) is 0 Å². The van der Waals surface area contributed by atoms with Crippen LogP contribution in [0.2, 0.25) is 0 Å². The summed E-state index contributed by atoms with van der Waals surface area (Å²) in [6.07, 6.45) is 3.22. The van der Waals surface area contributed by atoms with E-state index in [1.165, 1.54) is 7.11 Å². The van der Waals surface area contributed by atoms with E-state index in [0.717, 1.165) is 19.3 Å². The van der Waals surface area contributed by atoms with Crippen molar-refractivity contribution in [3.05, 3.63) is 0 Å². The number of rotatable bonds is 4. The maximum absolute atomic E-state index is 11.7. The summed E-state index contributed by atoms with van der Waals surface area (Å²) in [5, 5.41) is 0. The van der Waals surface area contributed by atoms with Gasteiger partial charge in [0.05, 0.1) is 6.61 Å². The summed E-state index contributed by atoms with van der Waals surface area (Å²) in [6, 6.07) is -0.666. The van der Waals surface area contributed by atoms with Crippen molar-refractivity contribution in [1.82, 2.24) is 0 Å². The lowest BCUT2D eigenvalue weighted by molar-refractivity contribution is -0.155. The molecule has 0 radical (unpaired) electrons. The Hall–Kier alpha value is -0.610. The maximum Gasteiger partial charge on any atom is 0.325 e. The van der Waals surface area contributed by atoms with E-state index < -0.39 is 6.04 Å². The fourth-order valence-electron chi connectivity index (χ4n) is 2.54. The van der Waals surface area contributed by atoms with Crippen LogP contribution in [-0.4, -0.2) is 31.8 Å². The molecule has 0 spiro atoms. The van der Waals surface area contributed by atoms with Gasteiger partial charge in [0.15, 0.2) is 0 Å². The molecule has 1 aliphatic rings. The molecule has 0 aliphatic heterocycles. The molecule has 3 atom stereocenters. The van der Waals surface area contributed by atoms with Gasteiger partial charge in [-0.1, -0.05) is 20.8 Å². The summed E-state index contributed by atoms with van der Waals surface area (Å²) >= 11 is 0. The Morgan fingerprint density at radius 2 is 2.06 bits per heavy atom. The van der Waals surface area contributed by atoms with Crippen LogP contribution in [-0.2, 0) is 14.3 Å². The smallest absolute Gasteiger partial charge is 0.325 e. The molecule has 1 rings (SSSR count). The zero-order valence-corrected chi connectivity index (χ0v) is 11.4. The highest BCUT2D eigenvalue weighted by atomic mass is 16.5. The minimum absolute atomic E-state index is 0.0189. The third kappa shape index (κ3) is 3.96. The fourth-order valence-corrected chi connectivity index (χ4v) is 2.54. The molecular formula is C13H25NO3. The van der Waals surface area contributed by atoms with Gasteiger partial charge in [0, 0.05) is 13.0 Å².